The molecule has 120 valence electrons. The smallest absolute Gasteiger partial charge is 0.272 e. The number of rotatable bonds is 4. The Bertz CT molecular complexity index is 866. The molecule has 6 heteroatoms. The number of H-pyrrole nitrogens is 1. The summed E-state index contributed by atoms with van der Waals surface area (Å²) in [6.07, 6.45) is 3.38. The number of hydrogen-bond donors (Lipinski definition) is 2. The fraction of sp³-hybridized carbons (Fsp3) is 0.111. The minimum absolute atomic E-state index is 0.343. The molecule has 0 saturated heterocycles. The average Bonchev–Trinajstić information content (AvgIpc) is 3.11. The highest BCUT2D eigenvalue weighted by Gasteiger charge is 2.10. The van der Waals surface area contributed by atoms with Crippen molar-refractivity contribution in [3.63, 3.8) is 0 Å². The van der Waals surface area contributed by atoms with Crippen LogP contribution in [0.5, 0.6) is 0 Å². The van der Waals surface area contributed by atoms with Crippen LogP contribution in [0.3, 0.4) is 0 Å². The molecule has 2 N–H and O–H groups in total. The molecule has 1 amide bonds. The largest absolute Gasteiger partial charge is 0.289 e. The first-order chi connectivity index (χ1) is 11.6. The Labute approximate surface area is 139 Å². The molecule has 0 saturated carbocycles. The molecule has 0 atom stereocenters. The van der Waals surface area contributed by atoms with Gasteiger partial charge in [0.25, 0.3) is 5.91 Å². The zero-order valence-corrected chi connectivity index (χ0v) is 13.4. The quantitative estimate of drug-likeness (QED) is 0.573. The first kappa shape index (κ1) is 15.6. The molecular weight excluding hydrogens is 302 g/mol. The molecule has 2 heterocycles. The van der Waals surface area contributed by atoms with Crippen LogP contribution in [0.4, 0.5) is 0 Å². The highest BCUT2D eigenvalue weighted by Crippen LogP contribution is 2.18. The van der Waals surface area contributed by atoms with E-state index in [1.165, 1.54) is 5.56 Å². The minimum Gasteiger partial charge on any atom is -0.272 e. The molecule has 2 aromatic heterocycles. The van der Waals surface area contributed by atoms with Crippen LogP contribution in [0.2, 0.25) is 0 Å². The minimum atomic E-state index is -0.343. The Morgan fingerprint density at radius 3 is 2.71 bits per heavy atom. The van der Waals surface area contributed by atoms with E-state index in [9.17, 15) is 4.79 Å². The van der Waals surface area contributed by atoms with Crippen molar-refractivity contribution in [1.82, 2.24) is 20.6 Å². The van der Waals surface area contributed by atoms with E-state index in [2.05, 4.69) is 25.7 Å². The zero-order valence-electron chi connectivity index (χ0n) is 13.4. The zero-order chi connectivity index (χ0) is 16.9. The fourth-order valence-corrected chi connectivity index (χ4v) is 2.15. The molecule has 0 bridgehead atoms. The van der Waals surface area contributed by atoms with Gasteiger partial charge in [-0.2, -0.15) is 10.2 Å². The van der Waals surface area contributed by atoms with Crippen LogP contribution < -0.4 is 5.43 Å². The summed E-state index contributed by atoms with van der Waals surface area (Å²) in [5.41, 5.74) is 7.24. The number of amides is 1. The van der Waals surface area contributed by atoms with Gasteiger partial charge in [0, 0.05) is 23.5 Å². The number of hydrazone groups is 1. The van der Waals surface area contributed by atoms with Crippen molar-refractivity contribution < 1.29 is 4.79 Å². The summed E-state index contributed by atoms with van der Waals surface area (Å²) in [4.78, 5) is 16.2. The standard InChI is InChI=1S/C18H17N5O/c1-12-5-7-14(8-6-12)16-10-17(22-21-16)18(24)23-20-13(2)15-4-3-9-19-11-15/h3-11H,1-2H3,(H,21,22)(H,23,24). The van der Waals surface area contributed by atoms with Gasteiger partial charge < -0.3 is 0 Å². The van der Waals surface area contributed by atoms with E-state index < -0.39 is 0 Å². The average molecular weight is 319 g/mol. The van der Waals surface area contributed by atoms with Crippen LogP contribution in [0.15, 0.2) is 60.0 Å². The van der Waals surface area contributed by atoms with Crippen molar-refractivity contribution in [3.05, 3.63) is 71.7 Å². The number of aryl methyl sites for hydroxylation is 1. The number of pyridine rings is 1. The number of nitrogens with zero attached hydrogens (tertiary/aromatic N) is 3. The second-order valence-corrected chi connectivity index (χ2v) is 5.41. The summed E-state index contributed by atoms with van der Waals surface area (Å²) in [6.45, 7) is 3.83. The second-order valence-electron chi connectivity index (χ2n) is 5.41. The molecule has 0 radical (unpaired) electrons. The van der Waals surface area contributed by atoms with Gasteiger partial charge in [0.15, 0.2) is 0 Å². The Morgan fingerprint density at radius 2 is 2.00 bits per heavy atom. The van der Waals surface area contributed by atoms with Gasteiger partial charge in [0.05, 0.1) is 11.4 Å². The molecule has 0 aliphatic rings. The van der Waals surface area contributed by atoms with E-state index in [-0.39, 0.29) is 5.91 Å². The Kier molecular flexibility index (Phi) is 4.47. The van der Waals surface area contributed by atoms with Gasteiger partial charge in [-0.3, -0.25) is 14.9 Å². The molecular formula is C18H17N5O. The lowest BCUT2D eigenvalue weighted by molar-refractivity contribution is 0.0950. The summed E-state index contributed by atoms with van der Waals surface area (Å²) in [5.74, 6) is -0.343. The summed E-state index contributed by atoms with van der Waals surface area (Å²) in [5, 5.41) is 11.0. The maximum absolute atomic E-state index is 12.2. The first-order valence-electron chi connectivity index (χ1n) is 7.51. The van der Waals surface area contributed by atoms with E-state index in [4.69, 9.17) is 0 Å². The third-order valence-electron chi connectivity index (χ3n) is 3.57. The van der Waals surface area contributed by atoms with E-state index in [0.29, 0.717) is 17.1 Å². The second kappa shape index (κ2) is 6.87. The van der Waals surface area contributed by atoms with Gasteiger partial charge in [-0.25, -0.2) is 5.43 Å². The first-order valence-corrected chi connectivity index (χ1v) is 7.51. The molecule has 0 fully saturated rings. The third kappa shape index (κ3) is 3.55. The van der Waals surface area contributed by atoms with Gasteiger partial charge in [-0.1, -0.05) is 35.9 Å². The fourth-order valence-electron chi connectivity index (χ4n) is 2.15. The molecule has 0 unspecified atom stereocenters. The number of nitrogens with one attached hydrogen (secondary N) is 2. The predicted molar refractivity (Wildman–Crippen MR) is 92.7 cm³/mol. The van der Waals surface area contributed by atoms with Crippen LogP contribution >= 0.6 is 0 Å². The lowest BCUT2D eigenvalue weighted by Gasteiger charge is -2.00. The van der Waals surface area contributed by atoms with Crippen LogP contribution in [0.25, 0.3) is 11.3 Å². The van der Waals surface area contributed by atoms with Crippen LogP contribution in [0, 0.1) is 6.92 Å². The molecule has 0 aliphatic heterocycles. The molecule has 1 aromatic carbocycles. The number of aromatic nitrogens is 3. The summed E-state index contributed by atoms with van der Waals surface area (Å²) < 4.78 is 0. The van der Waals surface area contributed by atoms with Crippen molar-refractivity contribution in [2.75, 3.05) is 0 Å². The molecule has 3 aromatic rings. The summed E-state index contributed by atoms with van der Waals surface area (Å²) in [6, 6.07) is 13.4. The number of aromatic amines is 1. The number of hydrogen-bond acceptors (Lipinski definition) is 4. The van der Waals surface area contributed by atoms with Gasteiger partial charge >= 0.3 is 0 Å². The van der Waals surface area contributed by atoms with Crippen LogP contribution in [-0.4, -0.2) is 26.8 Å². The number of carbonyl (C=O) groups excluding carboxylic acids is 1. The number of benzene rings is 1. The summed E-state index contributed by atoms with van der Waals surface area (Å²) in [7, 11) is 0. The highest BCUT2D eigenvalue weighted by atomic mass is 16.2. The van der Waals surface area contributed by atoms with E-state index in [1.807, 2.05) is 50.2 Å². The van der Waals surface area contributed by atoms with Crippen molar-refractivity contribution in [3.8, 4) is 11.3 Å². The SMILES string of the molecule is CC(=NNC(=O)c1cc(-c2ccc(C)cc2)n[nH]1)c1cccnc1. The van der Waals surface area contributed by atoms with E-state index in [0.717, 1.165) is 11.1 Å². The highest BCUT2D eigenvalue weighted by molar-refractivity contribution is 6.00. The van der Waals surface area contributed by atoms with Gasteiger partial charge in [-0.05, 0) is 26.0 Å². The maximum Gasteiger partial charge on any atom is 0.289 e. The molecule has 6 nitrogen and oxygen atoms in total. The Hall–Kier alpha value is -3.28. The number of carbonyl (C=O) groups is 1. The van der Waals surface area contributed by atoms with Crippen molar-refractivity contribution in [1.29, 1.82) is 0 Å². The van der Waals surface area contributed by atoms with Crippen LogP contribution in [-0.2, 0) is 0 Å². The van der Waals surface area contributed by atoms with E-state index in [1.54, 1.807) is 18.5 Å². The van der Waals surface area contributed by atoms with Crippen molar-refractivity contribution >= 4 is 11.6 Å². The summed E-state index contributed by atoms with van der Waals surface area (Å²) >= 11 is 0. The molecule has 0 aliphatic carbocycles. The van der Waals surface area contributed by atoms with Gasteiger partial charge in [0.1, 0.15) is 5.69 Å². The molecule has 24 heavy (non-hydrogen) atoms. The van der Waals surface area contributed by atoms with Crippen molar-refractivity contribution in [2.24, 2.45) is 5.10 Å². The molecule has 0 spiro atoms. The van der Waals surface area contributed by atoms with Crippen LogP contribution in [0.1, 0.15) is 28.5 Å². The van der Waals surface area contributed by atoms with Crippen molar-refractivity contribution in [2.45, 2.75) is 13.8 Å². The maximum atomic E-state index is 12.2. The lowest BCUT2D eigenvalue weighted by Crippen LogP contribution is -2.19. The monoisotopic (exact) mass is 319 g/mol. The third-order valence-corrected chi connectivity index (χ3v) is 3.57. The predicted octanol–water partition coefficient (Wildman–Crippen LogP) is 2.93. The topological polar surface area (TPSA) is 83.0 Å². The molecule has 3 rings (SSSR count). The van der Waals surface area contributed by atoms with Gasteiger partial charge in [0.2, 0.25) is 0 Å². The van der Waals surface area contributed by atoms with E-state index >= 15 is 0 Å². The normalized spacial score (nSPS) is 11.3. The Balaban J connectivity index is 1.71. The van der Waals surface area contributed by atoms with Gasteiger partial charge in [-0.15, -0.1) is 0 Å². The Morgan fingerprint density at radius 1 is 1.21 bits per heavy atom. The lowest BCUT2D eigenvalue weighted by atomic mass is 10.1.